The Hall–Kier alpha value is -1.36. The lowest BCUT2D eigenvalue weighted by Gasteiger charge is -2.11. The minimum Gasteiger partial charge on any atom is -0.477 e. The van der Waals surface area contributed by atoms with Crippen molar-refractivity contribution in [1.29, 1.82) is 0 Å². The average Bonchev–Trinajstić information content (AvgIpc) is 2.28. The molecule has 1 aromatic rings. The summed E-state index contributed by atoms with van der Waals surface area (Å²) in [5.41, 5.74) is 0.936. The fourth-order valence-electron chi connectivity index (χ4n) is 1.36. The second kappa shape index (κ2) is 6.27. The fourth-order valence-corrected chi connectivity index (χ4v) is 1.36. The van der Waals surface area contributed by atoms with E-state index in [9.17, 15) is 0 Å². The second-order valence-electron chi connectivity index (χ2n) is 3.49. The van der Waals surface area contributed by atoms with Gasteiger partial charge in [-0.25, -0.2) is 4.98 Å². The van der Waals surface area contributed by atoms with Gasteiger partial charge in [-0.3, -0.25) is 0 Å². The summed E-state index contributed by atoms with van der Waals surface area (Å²) < 4.78 is 10.5. The van der Waals surface area contributed by atoms with E-state index >= 15 is 0 Å². The largest absolute Gasteiger partial charge is 0.477 e. The van der Waals surface area contributed by atoms with Crippen molar-refractivity contribution in [3.63, 3.8) is 0 Å². The van der Waals surface area contributed by atoms with E-state index in [-0.39, 0.29) is 0 Å². The second-order valence-corrected chi connectivity index (χ2v) is 3.49. The van der Waals surface area contributed by atoms with Crippen LogP contribution >= 0.6 is 0 Å². The van der Waals surface area contributed by atoms with E-state index in [0.717, 1.165) is 17.8 Å². The number of aromatic nitrogens is 2. The zero-order valence-corrected chi connectivity index (χ0v) is 10.3. The third-order valence-electron chi connectivity index (χ3n) is 2.18. The van der Waals surface area contributed by atoms with E-state index in [1.807, 2.05) is 20.9 Å². The quantitative estimate of drug-likeness (QED) is 0.744. The summed E-state index contributed by atoms with van der Waals surface area (Å²) in [7, 11) is 3.52. The molecule has 1 N–H and O–H groups in total. The molecule has 16 heavy (non-hydrogen) atoms. The lowest BCUT2D eigenvalue weighted by atomic mass is 10.3. The zero-order valence-electron chi connectivity index (χ0n) is 10.3. The summed E-state index contributed by atoms with van der Waals surface area (Å²) in [6.07, 6.45) is 0.855. The number of methoxy groups -OCH3 is 1. The molecule has 0 amide bonds. The summed E-state index contributed by atoms with van der Waals surface area (Å²) in [6.45, 7) is 5.09. The Bertz CT molecular complexity index is 342. The Kier molecular flexibility index (Phi) is 4.98. The molecule has 0 aromatic carbocycles. The van der Waals surface area contributed by atoms with Crippen molar-refractivity contribution in [1.82, 2.24) is 9.97 Å². The molecule has 0 spiro atoms. The molecule has 0 aliphatic carbocycles. The predicted octanol–water partition coefficient (Wildman–Crippen LogP) is 1.55. The van der Waals surface area contributed by atoms with Crippen molar-refractivity contribution in [3.8, 4) is 5.88 Å². The highest BCUT2D eigenvalue weighted by molar-refractivity contribution is 5.47. The molecule has 0 saturated heterocycles. The van der Waals surface area contributed by atoms with Crippen molar-refractivity contribution in [3.05, 3.63) is 11.4 Å². The smallest absolute Gasteiger partial charge is 0.221 e. The summed E-state index contributed by atoms with van der Waals surface area (Å²) >= 11 is 0. The maximum Gasteiger partial charge on any atom is 0.221 e. The van der Waals surface area contributed by atoms with Gasteiger partial charge in [0.05, 0.1) is 12.2 Å². The number of rotatable bonds is 6. The molecule has 0 bridgehead atoms. The molecule has 1 aromatic heterocycles. The van der Waals surface area contributed by atoms with Gasteiger partial charge in [-0.05, 0) is 13.8 Å². The van der Waals surface area contributed by atoms with Crippen molar-refractivity contribution >= 4 is 5.82 Å². The third kappa shape index (κ3) is 3.34. The number of nitrogens with zero attached hydrogens (tertiary/aromatic N) is 2. The van der Waals surface area contributed by atoms with Gasteiger partial charge >= 0.3 is 0 Å². The number of nitrogens with one attached hydrogen (secondary N) is 1. The monoisotopic (exact) mass is 225 g/mol. The van der Waals surface area contributed by atoms with Crippen LogP contribution in [0.1, 0.15) is 17.8 Å². The Balaban J connectivity index is 2.67. The van der Waals surface area contributed by atoms with Gasteiger partial charge in [0, 0.05) is 27.2 Å². The molecular weight excluding hydrogens is 206 g/mol. The first-order chi connectivity index (χ1) is 7.69. The van der Waals surface area contributed by atoms with E-state index in [2.05, 4.69) is 15.3 Å². The van der Waals surface area contributed by atoms with Crippen molar-refractivity contribution < 1.29 is 9.47 Å². The van der Waals surface area contributed by atoms with E-state index in [1.54, 1.807) is 7.11 Å². The Morgan fingerprint density at radius 3 is 2.56 bits per heavy atom. The molecule has 5 heteroatoms. The van der Waals surface area contributed by atoms with Crippen LogP contribution in [0.4, 0.5) is 5.82 Å². The van der Waals surface area contributed by atoms with Crippen LogP contribution in [0.2, 0.25) is 0 Å². The summed E-state index contributed by atoms with van der Waals surface area (Å²) in [4.78, 5) is 8.53. The lowest BCUT2D eigenvalue weighted by molar-refractivity contribution is 0.170. The van der Waals surface area contributed by atoms with Gasteiger partial charge in [-0.1, -0.05) is 0 Å². The minimum absolute atomic E-state index is 0.605. The molecule has 90 valence electrons. The molecule has 0 unspecified atom stereocenters. The highest BCUT2D eigenvalue weighted by Crippen LogP contribution is 2.21. The van der Waals surface area contributed by atoms with E-state index in [1.165, 1.54) is 0 Å². The molecule has 0 saturated carbocycles. The highest BCUT2D eigenvalue weighted by atomic mass is 16.5. The van der Waals surface area contributed by atoms with Crippen molar-refractivity contribution in [2.45, 2.75) is 20.3 Å². The third-order valence-corrected chi connectivity index (χ3v) is 2.18. The summed E-state index contributed by atoms with van der Waals surface area (Å²) in [5.74, 6) is 2.17. The molecule has 0 aliphatic rings. The average molecular weight is 225 g/mol. The maximum atomic E-state index is 5.59. The SMILES string of the molecule is CNc1nc(C)nc(OCCCOC)c1C. The lowest BCUT2D eigenvalue weighted by Crippen LogP contribution is -2.07. The van der Waals surface area contributed by atoms with Crippen molar-refractivity contribution in [2.75, 3.05) is 32.7 Å². The molecule has 1 heterocycles. The zero-order chi connectivity index (χ0) is 12.0. The van der Waals surface area contributed by atoms with Crippen LogP contribution in [0.3, 0.4) is 0 Å². The first-order valence-corrected chi connectivity index (χ1v) is 5.33. The van der Waals surface area contributed by atoms with Gasteiger partial charge in [0.25, 0.3) is 0 Å². The van der Waals surface area contributed by atoms with Gasteiger partial charge in [0.2, 0.25) is 5.88 Å². The number of ether oxygens (including phenoxy) is 2. The summed E-state index contributed by atoms with van der Waals surface area (Å²) in [6, 6.07) is 0. The number of anilines is 1. The number of aryl methyl sites for hydroxylation is 1. The van der Waals surface area contributed by atoms with Gasteiger partial charge < -0.3 is 14.8 Å². The summed E-state index contributed by atoms with van der Waals surface area (Å²) in [5, 5.41) is 3.02. The van der Waals surface area contributed by atoms with Crippen LogP contribution in [-0.2, 0) is 4.74 Å². The van der Waals surface area contributed by atoms with Crippen LogP contribution in [-0.4, -0.2) is 37.3 Å². The molecule has 0 radical (unpaired) electrons. The normalized spacial score (nSPS) is 10.2. The Morgan fingerprint density at radius 2 is 1.94 bits per heavy atom. The van der Waals surface area contributed by atoms with Crippen LogP contribution in [0.15, 0.2) is 0 Å². The van der Waals surface area contributed by atoms with Gasteiger partial charge in [-0.15, -0.1) is 0 Å². The standard InChI is InChI=1S/C11H19N3O2/c1-8-10(12-3)13-9(2)14-11(8)16-7-5-6-15-4/h5-7H2,1-4H3,(H,12,13,14). The van der Waals surface area contributed by atoms with Crippen LogP contribution < -0.4 is 10.1 Å². The van der Waals surface area contributed by atoms with Gasteiger partial charge in [0.15, 0.2) is 0 Å². The molecule has 5 nitrogen and oxygen atoms in total. The predicted molar refractivity (Wildman–Crippen MR) is 63.0 cm³/mol. The number of hydrogen-bond acceptors (Lipinski definition) is 5. The Morgan fingerprint density at radius 1 is 1.19 bits per heavy atom. The van der Waals surface area contributed by atoms with E-state index in [4.69, 9.17) is 9.47 Å². The first kappa shape index (κ1) is 12.7. The molecule has 0 fully saturated rings. The number of hydrogen-bond donors (Lipinski definition) is 1. The van der Waals surface area contributed by atoms with E-state index in [0.29, 0.717) is 24.9 Å². The maximum absolute atomic E-state index is 5.59. The molecule has 0 aliphatic heterocycles. The van der Waals surface area contributed by atoms with Gasteiger partial charge in [0.1, 0.15) is 11.6 Å². The van der Waals surface area contributed by atoms with E-state index < -0.39 is 0 Å². The molecule has 1 rings (SSSR count). The van der Waals surface area contributed by atoms with Crippen molar-refractivity contribution in [2.24, 2.45) is 0 Å². The Labute approximate surface area is 96.2 Å². The highest BCUT2D eigenvalue weighted by Gasteiger charge is 2.08. The molecule has 0 atom stereocenters. The fraction of sp³-hybridized carbons (Fsp3) is 0.636. The molecular formula is C11H19N3O2. The van der Waals surface area contributed by atoms with Crippen LogP contribution in [0.5, 0.6) is 5.88 Å². The van der Waals surface area contributed by atoms with Crippen LogP contribution in [0.25, 0.3) is 0 Å². The van der Waals surface area contributed by atoms with Gasteiger partial charge in [-0.2, -0.15) is 4.98 Å². The topological polar surface area (TPSA) is 56.3 Å². The minimum atomic E-state index is 0.605. The van der Waals surface area contributed by atoms with Crippen LogP contribution in [0, 0.1) is 13.8 Å². The first-order valence-electron chi connectivity index (χ1n) is 5.33.